The monoisotopic (exact) mass is 379 g/mol. The van der Waals surface area contributed by atoms with Crippen molar-refractivity contribution in [1.29, 1.82) is 0 Å². The molecule has 2 N–H and O–H groups in total. The molecule has 0 bridgehead atoms. The maximum absolute atomic E-state index is 12.8. The van der Waals surface area contributed by atoms with Crippen LogP contribution in [0.1, 0.15) is 5.56 Å². The van der Waals surface area contributed by atoms with Crippen molar-refractivity contribution in [3.05, 3.63) is 45.4 Å². The highest BCUT2D eigenvalue weighted by molar-refractivity contribution is 9.10. The Morgan fingerprint density at radius 1 is 1.14 bits per heavy atom. The number of nitrogens with one attached hydrogen (secondary N) is 2. The number of alkyl halides is 3. The van der Waals surface area contributed by atoms with Gasteiger partial charge in [-0.2, -0.15) is 13.2 Å². The third-order valence-corrected chi connectivity index (χ3v) is 3.81. The van der Waals surface area contributed by atoms with Gasteiger partial charge in [-0.3, -0.25) is 0 Å². The fraction of sp³-hybridized carbons (Fsp3) is 0.154. The number of hydrogen-bond acceptors (Lipinski definition) is 3. The van der Waals surface area contributed by atoms with Crippen molar-refractivity contribution in [1.82, 2.24) is 4.98 Å². The van der Waals surface area contributed by atoms with Gasteiger partial charge in [0.1, 0.15) is 11.6 Å². The van der Waals surface area contributed by atoms with Gasteiger partial charge in [-0.05, 0) is 46.3 Å². The van der Waals surface area contributed by atoms with Crippen LogP contribution in [0.3, 0.4) is 0 Å². The molecule has 0 aliphatic heterocycles. The number of benzene rings is 1. The topological polar surface area (TPSA) is 37.0 Å². The van der Waals surface area contributed by atoms with E-state index < -0.39 is 11.7 Å². The summed E-state index contributed by atoms with van der Waals surface area (Å²) in [5, 5.41) is 5.93. The van der Waals surface area contributed by atoms with Crippen molar-refractivity contribution in [2.45, 2.75) is 6.18 Å². The summed E-state index contributed by atoms with van der Waals surface area (Å²) in [6.45, 7) is 0. The average molecular weight is 381 g/mol. The molecule has 0 fully saturated rings. The Morgan fingerprint density at radius 2 is 1.81 bits per heavy atom. The zero-order valence-electron chi connectivity index (χ0n) is 10.7. The number of halogens is 5. The van der Waals surface area contributed by atoms with E-state index in [4.69, 9.17) is 11.6 Å². The molecule has 0 aliphatic carbocycles. The van der Waals surface area contributed by atoms with Gasteiger partial charge in [0.25, 0.3) is 0 Å². The fourth-order valence-corrected chi connectivity index (χ4v) is 2.10. The molecule has 0 spiro atoms. The number of aromatic nitrogens is 1. The summed E-state index contributed by atoms with van der Waals surface area (Å²) in [4.78, 5) is 4.04. The maximum Gasteiger partial charge on any atom is 0.416 e. The van der Waals surface area contributed by atoms with Crippen molar-refractivity contribution >= 4 is 44.9 Å². The van der Waals surface area contributed by atoms with Gasteiger partial charge in [0.15, 0.2) is 0 Å². The Hall–Kier alpha value is -1.47. The third-order valence-electron chi connectivity index (χ3n) is 2.60. The molecule has 8 heteroatoms. The molecule has 0 amide bonds. The van der Waals surface area contributed by atoms with E-state index in [1.165, 1.54) is 7.05 Å². The maximum atomic E-state index is 12.8. The van der Waals surface area contributed by atoms with Gasteiger partial charge >= 0.3 is 6.18 Å². The van der Waals surface area contributed by atoms with Crippen molar-refractivity contribution in [2.75, 3.05) is 17.7 Å². The minimum atomic E-state index is -4.44. The molecule has 2 aromatic rings. The van der Waals surface area contributed by atoms with E-state index in [-0.39, 0.29) is 11.6 Å². The Labute approximate surface area is 132 Å². The van der Waals surface area contributed by atoms with Crippen LogP contribution < -0.4 is 10.6 Å². The summed E-state index contributed by atoms with van der Waals surface area (Å²) < 4.78 is 39.1. The van der Waals surface area contributed by atoms with Gasteiger partial charge in [-0.25, -0.2) is 4.98 Å². The molecule has 0 radical (unpaired) electrons. The second-order valence-corrected chi connectivity index (χ2v) is 5.39. The van der Waals surface area contributed by atoms with Crippen molar-refractivity contribution in [3.63, 3.8) is 0 Å². The Balaban J connectivity index is 2.36. The smallest absolute Gasteiger partial charge is 0.373 e. The summed E-state index contributed by atoms with van der Waals surface area (Å²) in [7, 11) is 1.51. The molecule has 1 aromatic carbocycles. The highest BCUT2D eigenvalue weighted by Gasteiger charge is 2.31. The van der Waals surface area contributed by atoms with Gasteiger partial charge < -0.3 is 10.6 Å². The fourth-order valence-electron chi connectivity index (χ4n) is 1.61. The molecule has 1 aromatic heterocycles. The van der Waals surface area contributed by atoms with Crippen LogP contribution in [0.2, 0.25) is 5.02 Å². The Kier molecular flexibility index (Phi) is 4.63. The Bertz CT molecular complexity index is 662. The van der Waals surface area contributed by atoms with Crippen LogP contribution in [-0.4, -0.2) is 12.0 Å². The molecular weight excluding hydrogens is 371 g/mol. The van der Waals surface area contributed by atoms with E-state index in [0.717, 1.165) is 12.1 Å². The minimum Gasteiger partial charge on any atom is -0.373 e. The van der Waals surface area contributed by atoms with Crippen LogP contribution in [0.4, 0.5) is 30.5 Å². The lowest BCUT2D eigenvalue weighted by atomic mass is 10.2. The number of hydrogen-bond donors (Lipinski definition) is 2. The lowest BCUT2D eigenvalue weighted by Crippen LogP contribution is -2.08. The van der Waals surface area contributed by atoms with Crippen LogP contribution in [0.5, 0.6) is 0 Å². The molecule has 0 aliphatic rings. The third kappa shape index (κ3) is 4.01. The van der Waals surface area contributed by atoms with E-state index in [0.29, 0.717) is 15.2 Å². The molecule has 0 unspecified atom stereocenters. The van der Waals surface area contributed by atoms with E-state index >= 15 is 0 Å². The first-order chi connectivity index (χ1) is 9.79. The van der Waals surface area contributed by atoms with Gasteiger partial charge in [-0.1, -0.05) is 11.6 Å². The van der Waals surface area contributed by atoms with Gasteiger partial charge in [0.05, 0.1) is 10.6 Å². The largest absolute Gasteiger partial charge is 0.416 e. The summed E-state index contributed by atoms with van der Waals surface area (Å²) in [6, 6.07) is 6.82. The standard InChI is InChI=1S/C13H10BrClF3N3/c1-19-11-4-7(13(16,17)18)5-12(21-11)20-8-2-3-10(15)9(14)6-8/h2-6H,1H3,(H2,19,20,21). The Morgan fingerprint density at radius 3 is 2.38 bits per heavy atom. The lowest BCUT2D eigenvalue weighted by Gasteiger charge is -2.13. The number of nitrogens with zero attached hydrogens (tertiary/aromatic N) is 1. The summed E-state index contributed by atoms with van der Waals surface area (Å²) in [5.74, 6) is 0.212. The summed E-state index contributed by atoms with van der Waals surface area (Å²) in [5.41, 5.74) is -0.211. The van der Waals surface area contributed by atoms with Gasteiger partial charge in [0, 0.05) is 17.2 Å². The number of anilines is 3. The van der Waals surface area contributed by atoms with Crippen molar-refractivity contribution in [3.8, 4) is 0 Å². The van der Waals surface area contributed by atoms with Crippen molar-refractivity contribution in [2.24, 2.45) is 0 Å². The first-order valence-electron chi connectivity index (χ1n) is 5.78. The van der Waals surface area contributed by atoms with Crippen LogP contribution >= 0.6 is 27.5 Å². The van der Waals surface area contributed by atoms with E-state index in [1.807, 2.05) is 0 Å². The summed E-state index contributed by atoms with van der Waals surface area (Å²) >= 11 is 9.12. The summed E-state index contributed by atoms with van der Waals surface area (Å²) in [6.07, 6.45) is -4.44. The predicted octanol–water partition coefficient (Wildman–Crippen LogP) is 5.30. The van der Waals surface area contributed by atoms with Crippen LogP contribution in [0, 0.1) is 0 Å². The molecule has 1 heterocycles. The zero-order chi connectivity index (χ0) is 15.6. The number of rotatable bonds is 3. The number of pyridine rings is 1. The van der Waals surface area contributed by atoms with Crippen molar-refractivity contribution < 1.29 is 13.2 Å². The zero-order valence-corrected chi connectivity index (χ0v) is 13.1. The van der Waals surface area contributed by atoms with Gasteiger partial charge in [0.2, 0.25) is 0 Å². The normalized spacial score (nSPS) is 11.3. The highest BCUT2D eigenvalue weighted by Crippen LogP contribution is 2.33. The molecule has 0 saturated heterocycles. The molecule has 112 valence electrons. The highest BCUT2D eigenvalue weighted by atomic mass is 79.9. The predicted molar refractivity (Wildman–Crippen MR) is 81.2 cm³/mol. The second kappa shape index (κ2) is 6.11. The molecule has 0 atom stereocenters. The van der Waals surface area contributed by atoms with Crippen LogP contribution in [0.25, 0.3) is 0 Å². The SMILES string of the molecule is CNc1cc(C(F)(F)F)cc(Nc2ccc(Cl)c(Br)c2)n1. The molecule has 3 nitrogen and oxygen atoms in total. The van der Waals surface area contributed by atoms with E-state index in [1.54, 1.807) is 18.2 Å². The van der Waals surface area contributed by atoms with E-state index in [2.05, 4.69) is 31.5 Å². The van der Waals surface area contributed by atoms with Gasteiger partial charge in [-0.15, -0.1) is 0 Å². The van der Waals surface area contributed by atoms with E-state index in [9.17, 15) is 13.2 Å². The first-order valence-corrected chi connectivity index (χ1v) is 6.96. The quantitative estimate of drug-likeness (QED) is 0.758. The first kappa shape index (κ1) is 15.9. The minimum absolute atomic E-state index is 0.0865. The van der Waals surface area contributed by atoms with Crippen LogP contribution in [-0.2, 0) is 6.18 Å². The second-order valence-electron chi connectivity index (χ2n) is 4.13. The molecule has 0 saturated carbocycles. The molecule has 2 rings (SSSR count). The molecular formula is C13H10BrClF3N3. The van der Waals surface area contributed by atoms with Crippen LogP contribution in [0.15, 0.2) is 34.8 Å². The average Bonchev–Trinajstić information content (AvgIpc) is 2.41. The lowest BCUT2D eigenvalue weighted by molar-refractivity contribution is -0.137. The molecule has 21 heavy (non-hydrogen) atoms.